The van der Waals surface area contributed by atoms with Crippen molar-refractivity contribution in [1.29, 1.82) is 0 Å². The fraction of sp³-hybridized carbons (Fsp3) is 0.412. The summed E-state index contributed by atoms with van der Waals surface area (Å²) in [6.45, 7) is 7.00. The number of amides is 2. The van der Waals surface area contributed by atoms with Crippen molar-refractivity contribution in [2.24, 2.45) is 0 Å². The highest BCUT2D eigenvalue weighted by Crippen LogP contribution is 2.15. The van der Waals surface area contributed by atoms with Crippen LogP contribution in [-0.4, -0.2) is 51.6 Å². The minimum Gasteiger partial charge on any atom is -0.334 e. The van der Waals surface area contributed by atoms with Crippen molar-refractivity contribution < 1.29 is 4.79 Å². The number of urea groups is 1. The Labute approximate surface area is 147 Å². The first-order chi connectivity index (χ1) is 11.7. The molecule has 1 aliphatic rings. The van der Waals surface area contributed by atoms with E-state index in [9.17, 15) is 4.79 Å². The number of benzene rings is 1. The summed E-state index contributed by atoms with van der Waals surface area (Å²) >= 11 is 5.86. The summed E-state index contributed by atoms with van der Waals surface area (Å²) in [5.41, 5.74) is 0.761. The Balaban J connectivity index is 1.49. The average Bonchev–Trinajstić information content (AvgIpc) is 3.04. The van der Waals surface area contributed by atoms with Gasteiger partial charge in [0.05, 0.1) is 6.54 Å². The molecular formula is C17H22ClN5O. The summed E-state index contributed by atoms with van der Waals surface area (Å²) < 4.78 is 2.15. The molecule has 2 heterocycles. The highest BCUT2D eigenvalue weighted by atomic mass is 35.5. The summed E-state index contributed by atoms with van der Waals surface area (Å²) in [5.74, 6) is 1.08. The van der Waals surface area contributed by atoms with Gasteiger partial charge in [0.2, 0.25) is 0 Å². The van der Waals surface area contributed by atoms with Crippen molar-refractivity contribution in [3.63, 3.8) is 0 Å². The van der Waals surface area contributed by atoms with E-state index < -0.39 is 0 Å². The summed E-state index contributed by atoms with van der Waals surface area (Å²) in [4.78, 5) is 20.9. The zero-order valence-corrected chi connectivity index (χ0v) is 14.5. The lowest BCUT2D eigenvalue weighted by Crippen LogP contribution is -2.49. The van der Waals surface area contributed by atoms with Gasteiger partial charge in [-0.15, -0.1) is 0 Å². The molecule has 2 amide bonds. The van der Waals surface area contributed by atoms with Crippen LogP contribution < -0.4 is 5.32 Å². The first kappa shape index (κ1) is 16.8. The largest absolute Gasteiger partial charge is 0.334 e. The van der Waals surface area contributed by atoms with Crippen LogP contribution in [0.25, 0.3) is 0 Å². The van der Waals surface area contributed by atoms with Gasteiger partial charge in [0, 0.05) is 55.8 Å². The van der Waals surface area contributed by atoms with Crippen molar-refractivity contribution in [3.8, 4) is 0 Å². The fourth-order valence-corrected chi connectivity index (χ4v) is 2.95. The SMILES string of the molecule is CCn1ccnc1CN1CCN(C(=O)Nc2ccc(Cl)cc2)CC1. The Morgan fingerprint density at radius 3 is 2.58 bits per heavy atom. The van der Waals surface area contributed by atoms with Crippen LogP contribution in [0, 0.1) is 0 Å². The summed E-state index contributed by atoms with van der Waals surface area (Å²) in [6, 6.07) is 7.09. The number of aromatic nitrogens is 2. The zero-order chi connectivity index (χ0) is 16.9. The standard InChI is InChI=1S/C17H22ClN5O/c1-2-22-8-7-19-16(22)13-21-9-11-23(12-10-21)17(24)20-15-5-3-14(18)4-6-15/h3-8H,2,9-13H2,1H3,(H,20,24). The number of hydrogen-bond acceptors (Lipinski definition) is 3. The number of piperazine rings is 1. The monoisotopic (exact) mass is 347 g/mol. The van der Waals surface area contributed by atoms with Crippen LogP contribution in [0.4, 0.5) is 10.5 Å². The second-order valence-corrected chi connectivity index (χ2v) is 6.27. The van der Waals surface area contributed by atoms with Gasteiger partial charge in [-0.2, -0.15) is 0 Å². The van der Waals surface area contributed by atoms with E-state index in [-0.39, 0.29) is 6.03 Å². The van der Waals surface area contributed by atoms with Crippen molar-refractivity contribution in [2.75, 3.05) is 31.5 Å². The number of aryl methyl sites for hydroxylation is 1. The number of hydrogen-bond donors (Lipinski definition) is 1. The number of anilines is 1. The number of nitrogens with zero attached hydrogens (tertiary/aromatic N) is 4. The molecule has 24 heavy (non-hydrogen) atoms. The molecule has 1 aromatic carbocycles. The van der Waals surface area contributed by atoms with E-state index in [1.807, 2.05) is 17.3 Å². The van der Waals surface area contributed by atoms with E-state index in [4.69, 9.17) is 11.6 Å². The average molecular weight is 348 g/mol. The minimum atomic E-state index is -0.0629. The second-order valence-electron chi connectivity index (χ2n) is 5.83. The van der Waals surface area contributed by atoms with Gasteiger partial charge in [-0.25, -0.2) is 9.78 Å². The van der Waals surface area contributed by atoms with Crippen LogP contribution in [0.5, 0.6) is 0 Å². The number of rotatable bonds is 4. The Morgan fingerprint density at radius 1 is 1.21 bits per heavy atom. The Hall–Kier alpha value is -2.05. The topological polar surface area (TPSA) is 53.4 Å². The summed E-state index contributed by atoms with van der Waals surface area (Å²) in [6.07, 6.45) is 3.85. The third-order valence-corrected chi connectivity index (χ3v) is 4.51. The van der Waals surface area contributed by atoms with Crippen LogP contribution in [0.15, 0.2) is 36.7 Å². The van der Waals surface area contributed by atoms with Gasteiger partial charge in [-0.3, -0.25) is 4.90 Å². The fourth-order valence-electron chi connectivity index (χ4n) is 2.82. The molecule has 0 aliphatic carbocycles. The lowest BCUT2D eigenvalue weighted by molar-refractivity contribution is 0.140. The molecule has 1 aromatic heterocycles. The van der Waals surface area contributed by atoms with Crippen LogP contribution in [-0.2, 0) is 13.1 Å². The molecule has 1 fully saturated rings. The normalized spacial score (nSPS) is 15.5. The molecule has 0 spiro atoms. The third-order valence-electron chi connectivity index (χ3n) is 4.26. The predicted molar refractivity (Wildman–Crippen MR) is 95.2 cm³/mol. The highest BCUT2D eigenvalue weighted by molar-refractivity contribution is 6.30. The van der Waals surface area contributed by atoms with E-state index in [2.05, 4.69) is 26.7 Å². The summed E-state index contributed by atoms with van der Waals surface area (Å²) in [7, 11) is 0. The predicted octanol–water partition coefficient (Wildman–Crippen LogP) is 2.91. The minimum absolute atomic E-state index is 0.0629. The first-order valence-electron chi connectivity index (χ1n) is 8.19. The van der Waals surface area contributed by atoms with Gasteiger partial charge in [0.1, 0.15) is 5.82 Å². The molecule has 0 unspecified atom stereocenters. The lowest BCUT2D eigenvalue weighted by Gasteiger charge is -2.34. The van der Waals surface area contributed by atoms with Gasteiger partial charge in [-0.05, 0) is 31.2 Å². The Kier molecular flexibility index (Phi) is 5.37. The molecule has 3 rings (SSSR count). The van der Waals surface area contributed by atoms with Crippen LogP contribution in [0.2, 0.25) is 5.02 Å². The molecule has 0 bridgehead atoms. The Bertz CT molecular complexity index is 677. The van der Waals surface area contributed by atoms with Crippen LogP contribution in [0.1, 0.15) is 12.7 Å². The van der Waals surface area contributed by atoms with E-state index in [1.165, 1.54) is 0 Å². The maximum atomic E-state index is 12.3. The molecule has 6 nitrogen and oxygen atoms in total. The van der Waals surface area contributed by atoms with Crippen molar-refractivity contribution in [1.82, 2.24) is 19.4 Å². The molecule has 1 saturated heterocycles. The molecule has 128 valence electrons. The molecule has 0 saturated carbocycles. The van der Waals surface area contributed by atoms with Gasteiger partial charge >= 0.3 is 6.03 Å². The number of nitrogens with one attached hydrogen (secondary N) is 1. The van der Waals surface area contributed by atoms with Crippen molar-refractivity contribution in [2.45, 2.75) is 20.0 Å². The van der Waals surface area contributed by atoms with E-state index in [1.54, 1.807) is 24.3 Å². The van der Waals surface area contributed by atoms with Gasteiger partial charge < -0.3 is 14.8 Å². The smallest absolute Gasteiger partial charge is 0.321 e. The number of carbonyl (C=O) groups excluding carboxylic acids is 1. The number of halogens is 1. The molecule has 0 radical (unpaired) electrons. The third kappa shape index (κ3) is 4.07. The number of imidazole rings is 1. The lowest BCUT2D eigenvalue weighted by atomic mass is 10.3. The molecule has 1 aliphatic heterocycles. The summed E-state index contributed by atoms with van der Waals surface area (Å²) in [5, 5.41) is 3.57. The Morgan fingerprint density at radius 2 is 1.92 bits per heavy atom. The first-order valence-corrected chi connectivity index (χ1v) is 8.57. The van der Waals surface area contributed by atoms with E-state index >= 15 is 0 Å². The second kappa shape index (κ2) is 7.68. The zero-order valence-electron chi connectivity index (χ0n) is 13.8. The van der Waals surface area contributed by atoms with E-state index in [0.29, 0.717) is 18.1 Å². The van der Waals surface area contributed by atoms with Crippen LogP contribution in [0.3, 0.4) is 0 Å². The van der Waals surface area contributed by atoms with Crippen molar-refractivity contribution >= 4 is 23.3 Å². The van der Waals surface area contributed by atoms with Gasteiger partial charge in [0.15, 0.2) is 0 Å². The number of carbonyl (C=O) groups is 1. The molecular weight excluding hydrogens is 326 g/mol. The van der Waals surface area contributed by atoms with Crippen LogP contribution >= 0.6 is 11.6 Å². The maximum Gasteiger partial charge on any atom is 0.321 e. The van der Waals surface area contributed by atoms with Crippen molar-refractivity contribution in [3.05, 3.63) is 47.5 Å². The molecule has 1 N–H and O–H groups in total. The van der Waals surface area contributed by atoms with Gasteiger partial charge in [-0.1, -0.05) is 11.6 Å². The molecule has 7 heteroatoms. The molecule has 2 aromatic rings. The quantitative estimate of drug-likeness (QED) is 0.925. The maximum absolute atomic E-state index is 12.3. The van der Waals surface area contributed by atoms with E-state index in [0.717, 1.165) is 37.7 Å². The highest BCUT2D eigenvalue weighted by Gasteiger charge is 2.22. The van der Waals surface area contributed by atoms with Gasteiger partial charge in [0.25, 0.3) is 0 Å². The molecule has 0 atom stereocenters.